The minimum atomic E-state index is -3.96. The summed E-state index contributed by atoms with van der Waals surface area (Å²) in [5, 5.41) is 0. The Morgan fingerprint density at radius 3 is 2.48 bits per heavy atom. The molecule has 0 saturated heterocycles. The molecule has 0 aromatic heterocycles. The SMILES string of the molecule is CCCN(c1cccc(N)c1)S(=O)(=O)c1ccccc1F. The van der Waals surface area contributed by atoms with Crippen molar-refractivity contribution in [2.45, 2.75) is 18.2 Å². The fraction of sp³-hybridized carbons (Fsp3) is 0.200. The van der Waals surface area contributed by atoms with E-state index in [0.717, 1.165) is 6.07 Å². The molecule has 112 valence electrons. The van der Waals surface area contributed by atoms with E-state index >= 15 is 0 Å². The van der Waals surface area contributed by atoms with Crippen LogP contribution >= 0.6 is 0 Å². The van der Waals surface area contributed by atoms with Crippen LogP contribution in [-0.2, 0) is 10.0 Å². The van der Waals surface area contributed by atoms with Crippen LogP contribution in [0.15, 0.2) is 53.4 Å². The molecule has 0 spiro atoms. The summed E-state index contributed by atoms with van der Waals surface area (Å²) < 4.78 is 40.4. The second-order valence-corrected chi connectivity index (χ2v) is 6.43. The van der Waals surface area contributed by atoms with Crippen LogP contribution in [0.2, 0.25) is 0 Å². The highest BCUT2D eigenvalue weighted by Gasteiger charge is 2.27. The molecule has 6 heteroatoms. The second-order valence-electron chi connectivity index (χ2n) is 4.60. The lowest BCUT2D eigenvalue weighted by atomic mass is 10.3. The number of nitrogens with zero attached hydrogens (tertiary/aromatic N) is 1. The Labute approximate surface area is 124 Å². The predicted molar refractivity (Wildman–Crippen MR) is 82.1 cm³/mol. The Bertz CT molecular complexity index is 732. The number of halogens is 1. The van der Waals surface area contributed by atoms with Crippen LogP contribution in [0, 0.1) is 5.82 Å². The first-order valence-electron chi connectivity index (χ1n) is 6.59. The van der Waals surface area contributed by atoms with E-state index in [1.54, 1.807) is 24.3 Å². The fourth-order valence-corrected chi connectivity index (χ4v) is 3.66. The molecule has 2 N–H and O–H groups in total. The van der Waals surface area contributed by atoms with Crippen molar-refractivity contribution < 1.29 is 12.8 Å². The highest BCUT2D eigenvalue weighted by Crippen LogP contribution is 2.26. The Hall–Kier alpha value is -2.08. The Kier molecular flexibility index (Phi) is 4.47. The molecule has 2 aromatic rings. The lowest BCUT2D eigenvalue weighted by Gasteiger charge is -2.24. The molecule has 0 amide bonds. The zero-order valence-electron chi connectivity index (χ0n) is 11.7. The van der Waals surface area contributed by atoms with Gasteiger partial charge in [-0.05, 0) is 36.8 Å². The Morgan fingerprint density at radius 2 is 1.86 bits per heavy atom. The molecular formula is C15H17FN2O2S. The zero-order chi connectivity index (χ0) is 15.5. The summed E-state index contributed by atoms with van der Waals surface area (Å²) in [5.41, 5.74) is 6.60. The van der Waals surface area contributed by atoms with Gasteiger partial charge in [0.1, 0.15) is 10.7 Å². The summed E-state index contributed by atoms with van der Waals surface area (Å²) in [6.45, 7) is 2.11. The number of nitrogen functional groups attached to an aromatic ring is 1. The second kappa shape index (κ2) is 6.13. The number of benzene rings is 2. The first-order chi connectivity index (χ1) is 9.96. The van der Waals surface area contributed by atoms with Gasteiger partial charge >= 0.3 is 0 Å². The van der Waals surface area contributed by atoms with E-state index in [0.29, 0.717) is 17.8 Å². The molecule has 0 fully saturated rings. The summed E-state index contributed by atoms with van der Waals surface area (Å²) >= 11 is 0. The maximum Gasteiger partial charge on any atom is 0.267 e. The number of hydrogen-bond donors (Lipinski definition) is 1. The quantitative estimate of drug-likeness (QED) is 0.864. The lowest BCUT2D eigenvalue weighted by molar-refractivity contribution is 0.563. The maximum absolute atomic E-state index is 13.9. The Morgan fingerprint density at radius 1 is 1.14 bits per heavy atom. The third kappa shape index (κ3) is 3.16. The van der Waals surface area contributed by atoms with E-state index in [4.69, 9.17) is 5.73 Å². The molecule has 21 heavy (non-hydrogen) atoms. The van der Waals surface area contributed by atoms with Crippen molar-refractivity contribution in [3.05, 3.63) is 54.3 Å². The third-order valence-electron chi connectivity index (χ3n) is 2.99. The summed E-state index contributed by atoms with van der Waals surface area (Å²) in [7, 11) is -3.96. The predicted octanol–water partition coefficient (Wildman–Crippen LogP) is 3.01. The monoisotopic (exact) mass is 308 g/mol. The van der Waals surface area contributed by atoms with Crippen molar-refractivity contribution in [3.8, 4) is 0 Å². The van der Waals surface area contributed by atoms with Crippen molar-refractivity contribution in [1.29, 1.82) is 0 Å². The standard InChI is InChI=1S/C15H17FN2O2S/c1-2-10-18(13-7-5-6-12(17)11-13)21(19,20)15-9-4-3-8-14(15)16/h3-9,11H,2,10,17H2,1H3. The summed E-state index contributed by atoms with van der Waals surface area (Å²) in [5.74, 6) is -0.762. The van der Waals surface area contributed by atoms with Gasteiger partial charge in [0.25, 0.3) is 10.0 Å². The fourth-order valence-electron chi connectivity index (χ4n) is 2.04. The normalized spacial score (nSPS) is 11.3. The van der Waals surface area contributed by atoms with Gasteiger partial charge in [-0.15, -0.1) is 0 Å². The molecular weight excluding hydrogens is 291 g/mol. The minimum absolute atomic E-state index is 0.250. The van der Waals surface area contributed by atoms with Crippen molar-refractivity contribution in [1.82, 2.24) is 0 Å². The van der Waals surface area contributed by atoms with Gasteiger partial charge < -0.3 is 5.73 Å². The van der Waals surface area contributed by atoms with Crippen molar-refractivity contribution >= 4 is 21.4 Å². The van der Waals surface area contributed by atoms with Gasteiger partial charge in [0.15, 0.2) is 0 Å². The summed E-state index contributed by atoms with van der Waals surface area (Å²) in [6, 6.07) is 11.9. The average molecular weight is 308 g/mol. The van der Waals surface area contributed by atoms with Crippen molar-refractivity contribution in [2.75, 3.05) is 16.6 Å². The highest BCUT2D eigenvalue weighted by molar-refractivity contribution is 7.92. The molecule has 0 aliphatic rings. The first kappa shape index (κ1) is 15.3. The van der Waals surface area contributed by atoms with Crippen LogP contribution in [-0.4, -0.2) is 15.0 Å². The summed E-state index contributed by atoms with van der Waals surface area (Å²) in [4.78, 5) is -0.333. The van der Waals surface area contributed by atoms with E-state index < -0.39 is 15.8 Å². The van der Waals surface area contributed by atoms with E-state index in [1.165, 1.54) is 22.5 Å². The number of hydrogen-bond acceptors (Lipinski definition) is 3. The van der Waals surface area contributed by atoms with E-state index in [-0.39, 0.29) is 11.4 Å². The van der Waals surface area contributed by atoms with Crippen LogP contribution < -0.4 is 10.0 Å². The molecule has 0 bridgehead atoms. The molecule has 0 atom stereocenters. The van der Waals surface area contributed by atoms with Crippen molar-refractivity contribution in [3.63, 3.8) is 0 Å². The van der Waals surface area contributed by atoms with Gasteiger partial charge in [-0.2, -0.15) is 0 Å². The molecule has 0 saturated carbocycles. The van der Waals surface area contributed by atoms with Gasteiger partial charge in [0.2, 0.25) is 0 Å². The number of anilines is 2. The molecule has 0 heterocycles. The molecule has 2 rings (SSSR count). The summed E-state index contributed by atoms with van der Waals surface area (Å²) in [6.07, 6.45) is 0.600. The minimum Gasteiger partial charge on any atom is -0.399 e. The van der Waals surface area contributed by atoms with Crippen LogP contribution in [0.3, 0.4) is 0 Å². The Balaban J connectivity index is 2.54. The molecule has 4 nitrogen and oxygen atoms in total. The molecule has 2 aromatic carbocycles. The van der Waals surface area contributed by atoms with Crippen LogP contribution in [0.25, 0.3) is 0 Å². The molecule has 0 aliphatic carbocycles. The van der Waals surface area contributed by atoms with Crippen LogP contribution in [0.1, 0.15) is 13.3 Å². The van der Waals surface area contributed by atoms with E-state index in [1.807, 2.05) is 6.92 Å². The van der Waals surface area contributed by atoms with E-state index in [2.05, 4.69) is 0 Å². The van der Waals surface area contributed by atoms with Gasteiger partial charge in [0.05, 0.1) is 5.69 Å². The third-order valence-corrected chi connectivity index (χ3v) is 4.85. The van der Waals surface area contributed by atoms with Gasteiger partial charge in [-0.3, -0.25) is 4.31 Å². The van der Waals surface area contributed by atoms with Crippen LogP contribution in [0.5, 0.6) is 0 Å². The van der Waals surface area contributed by atoms with Gasteiger partial charge in [0, 0.05) is 12.2 Å². The average Bonchev–Trinajstić information content (AvgIpc) is 2.44. The largest absolute Gasteiger partial charge is 0.399 e. The number of rotatable bonds is 5. The maximum atomic E-state index is 13.9. The number of sulfonamides is 1. The first-order valence-corrected chi connectivity index (χ1v) is 8.03. The van der Waals surface area contributed by atoms with Crippen LogP contribution in [0.4, 0.5) is 15.8 Å². The lowest BCUT2D eigenvalue weighted by Crippen LogP contribution is -2.32. The smallest absolute Gasteiger partial charge is 0.267 e. The highest BCUT2D eigenvalue weighted by atomic mass is 32.2. The van der Waals surface area contributed by atoms with Crippen molar-refractivity contribution in [2.24, 2.45) is 0 Å². The molecule has 0 radical (unpaired) electrons. The van der Waals surface area contributed by atoms with Gasteiger partial charge in [-0.25, -0.2) is 12.8 Å². The number of nitrogens with two attached hydrogens (primary N) is 1. The van der Waals surface area contributed by atoms with Gasteiger partial charge in [-0.1, -0.05) is 25.1 Å². The molecule has 0 unspecified atom stereocenters. The van der Waals surface area contributed by atoms with E-state index in [9.17, 15) is 12.8 Å². The topological polar surface area (TPSA) is 63.4 Å². The zero-order valence-corrected chi connectivity index (χ0v) is 12.5. The molecule has 0 aliphatic heterocycles.